The highest BCUT2D eigenvalue weighted by molar-refractivity contribution is 5.73. The van der Waals surface area contributed by atoms with E-state index in [1.807, 2.05) is 18.2 Å². The minimum Gasteiger partial charge on any atom is -0.496 e. The molecule has 4 rings (SSSR count). The lowest BCUT2D eigenvalue weighted by atomic mass is 10.00. The zero-order valence-electron chi connectivity index (χ0n) is 19.5. The molecule has 1 fully saturated rings. The standard InChI is InChI=1S/C27H33NO5/c1-3-6-19-8-9-22(25(14-19)31-2)18-32-23-11-10-21-13-20(17-33-26(21)15-23)16-28-12-5-4-7-24(28)27(29)30/h8-11,13-15,24H,3-7,12,16-18H2,1-2H3,(H,29,30). The lowest BCUT2D eigenvalue weighted by Crippen LogP contribution is -2.45. The maximum Gasteiger partial charge on any atom is 0.320 e. The van der Waals surface area contributed by atoms with Crippen molar-refractivity contribution in [1.29, 1.82) is 0 Å². The van der Waals surface area contributed by atoms with Gasteiger partial charge in [0.2, 0.25) is 0 Å². The van der Waals surface area contributed by atoms with Crippen molar-refractivity contribution < 1.29 is 24.1 Å². The predicted octanol–water partition coefficient (Wildman–Crippen LogP) is 4.94. The first kappa shape index (κ1) is 23.2. The Morgan fingerprint density at radius 3 is 2.88 bits per heavy atom. The molecule has 0 aromatic heterocycles. The number of ether oxygens (including phenoxy) is 3. The van der Waals surface area contributed by atoms with Gasteiger partial charge in [-0.05, 0) is 61.2 Å². The number of aryl methyl sites for hydroxylation is 1. The summed E-state index contributed by atoms with van der Waals surface area (Å²) in [5.41, 5.74) is 4.37. The van der Waals surface area contributed by atoms with Crippen molar-refractivity contribution >= 4 is 12.0 Å². The van der Waals surface area contributed by atoms with Crippen LogP contribution in [-0.4, -0.2) is 48.8 Å². The molecule has 6 heteroatoms. The molecule has 2 heterocycles. The highest BCUT2D eigenvalue weighted by atomic mass is 16.5. The largest absolute Gasteiger partial charge is 0.496 e. The Labute approximate surface area is 195 Å². The van der Waals surface area contributed by atoms with Gasteiger partial charge in [-0.3, -0.25) is 9.69 Å². The highest BCUT2D eigenvalue weighted by Crippen LogP contribution is 2.32. The molecule has 0 aliphatic carbocycles. The number of aliphatic carboxylic acids is 1. The fraction of sp³-hybridized carbons (Fsp3) is 0.444. The van der Waals surface area contributed by atoms with Crippen molar-refractivity contribution in [3.63, 3.8) is 0 Å². The molecular weight excluding hydrogens is 418 g/mol. The Hall–Kier alpha value is -2.99. The molecule has 0 amide bonds. The van der Waals surface area contributed by atoms with Gasteiger partial charge in [0.05, 0.1) is 7.11 Å². The number of hydrogen-bond acceptors (Lipinski definition) is 5. The van der Waals surface area contributed by atoms with Crippen molar-refractivity contribution in [3.8, 4) is 17.2 Å². The number of carboxylic acids is 1. The Morgan fingerprint density at radius 2 is 2.09 bits per heavy atom. The zero-order valence-corrected chi connectivity index (χ0v) is 19.5. The number of piperidine rings is 1. The normalized spacial score (nSPS) is 18.1. The second kappa shape index (κ2) is 10.8. The van der Waals surface area contributed by atoms with Gasteiger partial charge in [-0.15, -0.1) is 0 Å². The molecule has 0 spiro atoms. The van der Waals surface area contributed by atoms with E-state index in [1.54, 1.807) is 7.11 Å². The van der Waals surface area contributed by atoms with Crippen LogP contribution >= 0.6 is 0 Å². The van der Waals surface area contributed by atoms with Crippen LogP contribution in [0.3, 0.4) is 0 Å². The molecule has 2 aromatic carbocycles. The third-order valence-electron chi connectivity index (χ3n) is 6.35. The van der Waals surface area contributed by atoms with Crippen LogP contribution in [0.4, 0.5) is 0 Å². The molecule has 1 N–H and O–H groups in total. The molecule has 1 saturated heterocycles. The molecule has 0 radical (unpaired) electrons. The molecule has 0 bridgehead atoms. The number of nitrogens with zero attached hydrogens (tertiary/aromatic N) is 1. The van der Waals surface area contributed by atoms with Gasteiger partial charge in [0.25, 0.3) is 0 Å². The number of hydrogen-bond donors (Lipinski definition) is 1. The van der Waals surface area contributed by atoms with Crippen molar-refractivity contribution in [2.24, 2.45) is 0 Å². The average Bonchev–Trinajstić information content (AvgIpc) is 2.83. The molecule has 1 atom stereocenters. The number of carbonyl (C=O) groups is 1. The van der Waals surface area contributed by atoms with E-state index < -0.39 is 12.0 Å². The Bertz CT molecular complexity index is 1020. The molecular formula is C27H33NO5. The summed E-state index contributed by atoms with van der Waals surface area (Å²) in [5.74, 6) is 1.65. The average molecular weight is 452 g/mol. The minimum absolute atomic E-state index is 0.398. The van der Waals surface area contributed by atoms with Crippen LogP contribution < -0.4 is 14.2 Å². The summed E-state index contributed by atoms with van der Waals surface area (Å²) in [7, 11) is 1.69. The van der Waals surface area contributed by atoms with Gasteiger partial charge in [-0.25, -0.2) is 0 Å². The van der Waals surface area contributed by atoms with Gasteiger partial charge in [0.15, 0.2) is 0 Å². The van der Waals surface area contributed by atoms with E-state index in [9.17, 15) is 9.90 Å². The van der Waals surface area contributed by atoms with E-state index in [0.29, 0.717) is 26.2 Å². The van der Waals surface area contributed by atoms with Crippen molar-refractivity contribution in [1.82, 2.24) is 4.90 Å². The molecule has 2 aliphatic heterocycles. The summed E-state index contributed by atoms with van der Waals surface area (Å²) in [5, 5.41) is 9.52. The molecule has 2 aliphatic rings. The van der Waals surface area contributed by atoms with E-state index in [1.165, 1.54) is 5.56 Å². The van der Waals surface area contributed by atoms with E-state index in [2.05, 4.69) is 36.1 Å². The van der Waals surface area contributed by atoms with E-state index in [0.717, 1.165) is 66.2 Å². The quantitative estimate of drug-likeness (QED) is 0.582. The monoisotopic (exact) mass is 451 g/mol. The van der Waals surface area contributed by atoms with Crippen molar-refractivity contribution in [2.75, 3.05) is 26.8 Å². The van der Waals surface area contributed by atoms with Crippen molar-refractivity contribution in [2.45, 2.75) is 51.7 Å². The van der Waals surface area contributed by atoms with Crippen LogP contribution in [0.15, 0.2) is 42.0 Å². The summed E-state index contributed by atoms with van der Waals surface area (Å²) in [6.45, 7) is 4.49. The third-order valence-corrected chi connectivity index (χ3v) is 6.35. The number of carboxylic acid groups (broad SMARTS) is 1. The van der Waals surface area contributed by atoms with Gasteiger partial charge in [-0.2, -0.15) is 0 Å². The van der Waals surface area contributed by atoms with Crippen LogP contribution in [-0.2, 0) is 17.8 Å². The van der Waals surface area contributed by atoms with Gasteiger partial charge in [0, 0.05) is 23.7 Å². The number of likely N-dealkylation sites (tertiary alicyclic amines) is 1. The van der Waals surface area contributed by atoms with Crippen LogP contribution in [0.25, 0.3) is 6.08 Å². The lowest BCUT2D eigenvalue weighted by Gasteiger charge is -2.34. The zero-order chi connectivity index (χ0) is 23.2. The maximum atomic E-state index is 11.6. The summed E-state index contributed by atoms with van der Waals surface area (Å²) >= 11 is 0. The van der Waals surface area contributed by atoms with Gasteiger partial charge >= 0.3 is 5.97 Å². The van der Waals surface area contributed by atoms with Gasteiger partial charge in [0.1, 0.15) is 36.5 Å². The molecule has 1 unspecified atom stereocenters. The summed E-state index contributed by atoms with van der Waals surface area (Å²) in [4.78, 5) is 13.6. The molecule has 0 saturated carbocycles. The number of methoxy groups -OCH3 is 1. The fourth-order valence-corrected chi connectivity index (χ4v) is 4.61. The van der Waals surface area contributed by atoms with E-state index in [4.69, 9.17) is 14.2 Å². The van der Waals surface area contributed by atoms with Gasteiger partial charge in [-0.1, -0.05) is 31.9 Å². The molecule has 33 heavy (non-hydrogen) atoms. The van der Waals surface area contributed by atoms with Gasteiger partial charge < -0.3 is 19.3 Å². The minimum atomic E-state index is -0.731. The first-order valence-electron chi connectivity index (χ1n) is 11.8. The topological polar surface area (TPSA) is 68.2 Å². The lowest BCUT2D eigenvalue weighted by molar-refractivity contribution is -0.144. The van der Waals surface area contributed by atoms with E-state index in [-0.39, 0.29) is 0 Å². The van der Waals surface area contributed by atoms with E-state index >= 15 is 0 Å². The SMILES string of the molecule is CCCc1ccc(COc2ccc3c(c2)OCC(CN2CCCCC2C(=O)O)=C3)c(OC)c1. The molecule has 176 valence electrons. The maximum absolute atomic E-state index is 11.6. The smallest absolute Gasteiger partial charge is 0.320 e. The highest BCUT2D eigenvalue weighted by Gasteiger charge is 2.29. The molecule has 2 aromatic rings. The van der Waals surface area contributed by atoms with Crippen LogP contribution in [0, 0.1) is 0 Å². The predicted molar refractivity (Wildman–Crippen MR) is 128 cm³/mol. The van der Waals surface area contributed by atoms with Crippen molar-refractivity contribution in [3.05, 3.63) is 58.7 Å². The first-order valence-corrected chi connectivity index (χ1v) is 11.8. The second-order valence-corrected chi connectivity index (χ2v) is 8.80. The van der Waals surface area contributed by atoms with Crippen LogP contribution in [0.2, 0.25) is 0 Å². The Balaban J connectivity index is 1.41. The number of rotatable bonds is 9. The Kier molecular flexibility index (Phi) is 7.55. The van der Waals surface area contributed by atoms with Crippen LogP contribution in [0.5, 0.6) is 17.2 Å². The first-order chi connectivity index (χ1) is 16.1. The summed E-state index contributed by atoms with van der Waals surface area (Å²) in [6, 6.07) is 11.7. The summed E-state index contributed by atoms with van der Waals surface area (Å²) in [6.07, 6.45) is 6.98. The molecule has 6 nitrogen and oxygen atoms in total. The Morgan fingerprint density at radius 1 is 1.21 bits per heavy atom. The fourth-order valence-electron chi connectivity index (χ4n) is 4.61. The number of benzene rings is 2. The summed E-state index contributed by atoms with van der Waals surface area (Å²) < 4.78 is 17.6. The van der Waals surface area contributed by atoms with Crippen LogP contribution in [0.1, 0.15) is 49.3 Å². The number of fused-ring (bicyclic) bond motifs is 1. The second-order valence-electron chi connectivity index (χ2n) is 8.80. The third kappa shape index (κ3) is 5.69.